The quantitative estimate of drug-likeness (QED) is 0.206. The maximum Gasteiger partial charge on any atom is 0.232 e. The monoisotopic (exact) mass is 595 g/mol. The molecule has 5 nitrogen and oxygen atoms in total. The van der Waals surface area contributed by atoms with Crippen molar-refractivity contribution in [1.29, 1.82) is 0 Å². The number of hydrogen-bond acceptors (Lipinski definition) is 3. The van der Waals surface area contributed by atoms with Crippen LogP contribution >= 0.6 is 0 Å². The lowest BCUT2D eigenvalue weighted by Gasteiger charge is -2.39. The highest BCUT2D eigenvalue weighted by Crippen LogP contribution is 2.43. The van der Waals surface area contributed by atoms with Gasteiger partial charge in [0.2, 0.25) is 11.8 Å². The van der Waals surface area contributed by atoms with E-state index in [1.54, 1.807) is 0 Å². The van der Waals surface area contributed by atoms with E-state index >= 15 is 0 Å². The van der Waals surface area contributed by atoms with E-state index in [0.29, 0.717) is 19.6 Å². The zero-order valence-electron chi connectivity index (χ0n) is 25.9. The number of benzene rings is 4. The Morgan fingerprint density at radius 1 is 0.800 bits per heavy atom. The Labute approximate surface area is 266 Å². The van der Waals surface area contributed by atoms with Crippen molar-refractivity contribution in [2.45, 2.75) is 37.6 Å². The summed E-state index contributed by atoms with van der Waals surface area (Å²) in [5, 5.41) is 0. The molecule has 0 radical (unpaired) electrons. The van der Waals surface area contributed by atoms with Crippen LogP contribution in [0.3, 0.4) is 0 Å². The third kappa shape index (κ3) is 6.23. The second kappa shape index (κ2) is 12.9. The first-order valence-corrected chi connectivity index (χ1v) is 16.4. The molecule has 228 valence electrons. The van der Waals surface area contributed by atoms with Crippen molar-refractivity contribution in [3.8, 4) is 11.1 Å². The van der Waals surface area contributed by atoms with Crippen LogP contribution in [0.1, 0.15) is 42.4 Å². The SMILES string of the molecule is O=C1CC(C(=O)N(CCCN2CCC3(C=Cc4ccccc43)CC2)c2ccccc2)CN1Cc1ccc(-c2ccccc2)cc1. The minimum atomic E-state index is -0.328. The molecule has 3 aliphatic rings. The Morgan fingerprint density at radius 3 is 2.22 bits per heavy atom. The van der Waals surface area contributed by atoms with E-state index in [0.717, 1.165) is 55.7 Å². The number of fused-ring (bicyclic) bond motifs is 2. The minimum absolute atomic E-state index is 0.0540. The first-order chi connectivity index (χ1) is 22.1. The van der Waals surface area contributed by atoms with Crippen LogP contribution in [0.25, 0.3) is 17.2 Å². The van der Waals surface area contributed by atoms with Crippen LogP contribution in [0.15, 0.2) is 115 Å². The second-order valence-electron chi connectivity index (χ2n) is 12.8. The first kappa shape index (κ1) is 29.2. The van der Waals surface area contributed by atoms with E-state index in [2.05, 4.69) is 77.7 Å². The van der Waals surface area contributed by atoms with Gasteiger partial charge < -0.3 is 14.7 Å². The zero-order valence-corrected chi connectivity index (χ0v) is 25.9. The van der Waals surface area contributed by atoms with Crippen molar-refractivity contribution >= 4 is 23.6 Å². The van der Waals surface area contributed by atoms with Gasteiger partial charge in [-0.05, 0) is 78.8 Å². The third-order valence-corrected chi connectivity index (χ3v) is 10.0. The largest absolute Gasteiger partial charge is 0.338 e. The maximum absolute atomic E-state index is 14.0. The lowest BCUT2D eigenvalue weighted by Crippen LogP contribution is -2.43. The van der Waals surface area contributed by atoms with Gasteiger partial charge in [-0.3, -0.25) is 9.59 Å². The van der Waals surface area contributed by atoms with Gasteiger partial charge in [0, 0.05) is 37.2 Å². The van der Waals surface area contributed by atoms with Crippen molar-refractivity contribution in [2.75, 3.05) is 37.6 Å². The smallest absolute Gasteiger partial charge is 0.232 e. The summed E-state index contributed by atoms with van der Waals surface area (Å²) >= 11 is 0. The van der Waals surface area contributed by atoms with Crippen molar-refractivity contribution < 1.29 is 9.59 Å². The summed E-state index contributed by atoms with van der Waals surface area (Å²) in [6.45, 7) is 4.74. The van der Waals surface area contributed by atoms with Crippen LogP contribution in [0.2, 0.25) is 0 Å². The molecule has 4 aromatic rings. The summed E-state index contributed by atoms with van der Waals surface area (Å²) in [5.74, 6) is -0.217. The van der Waals surface area contributed by atoms with Crippen molar-refractivity contribution in [3.63, 3.8) is 0 Å². The number of amides is 2. The van der Waals surface area contributed by atoms with E-state index < -0.39 is 0 Å². The normalized spacial score (nSPS) is 18.8. The third-order valence-electron chi connectivity index (χ3n) is 10.0. The molecule has 0 saturated carbocycles. The number of allylic oxidation sites excluding steroid dienone is 1. The Morgan fingerprint density at radius 2 is 1.47 bits per heavy atom. The van der Waals surface area contributed by atoms with Crippen LogP contribution < -0.4 is 4.90 Å². The predicted molar refractivity (Wildman–Crippen MR) is 182 cm³/mol. The molecular formula is C40H41N3O2. The van der Waals surface area contributed by atoms with Crippen molar-refractivity contribution in [3.05, 3.63) is 132 Å². The predicted octanol–water partition coefficient (Wildman–Crippen LogP) is 7.19. The number of carbonyl (C=O) groups excluding carboxylic acids is 2. The molecule has 1 atom stereocenters. The molecule has 2 aliphatic heterocycles. The number of rotatable bonds is 9. The number of piperidine rings is 1. The van der Waals surface area contributed by atoms with Gasteiger partial charge in [0.05, 0.1) is 5.92 Å². The van der Waals surface area contributed by atoms with Gasteiger partial charge >= 0.3 is 0 Å². The maximum atomic E-state index is 14.0. The summed E-state index contributed by atoms with van der Waals surface area (Å²) in [6, 6.07) is 37.5. The summed E-state index contributed by atoms with van der Waals surface area (Å²) in [4.78, 5) is 33.4. The summed E-state index contributed by atoms with van der Waals surface area (Å²) in [5.41, 5.74) is 7.36. The molecule has 2 saturated heterocycles. The molecule has 4 aromatic carbocycles. The summed E-state index contributed by atoms with van der Waals surface area (Å²) in [7, 11) is 0. The van der Waals surface area contributed by atoms with Gasteiger partial charge in [-0.1, -0.05) is 109 Å². The summed E-state index contributed by atoms with van der Waals surface area (Å²) in [6.07, 6.45) is 8.17. The number of likely N-dealkylation sites (tertiary alicyclic amines) is 2. The highest BCUT2D eigenvalue weighted by molar-refractivity contribution is 5.99. The molecule has 5 heteroatoms. The van der Waals surface area contributed by atoms with Gasteiger partial charge in [0.25, 0.3) is 0 Å². The van der Waals surface area contributed by atoms with Gasteiger partial charge in [0.1, 0.15) is 0 Å². The molecule has 1 aliphatic carbocycles. The molecule has 0 aromatic heterocycles. The minimum Gasteiger partial charge on any atom is -0.338 e. The number of carbonyl (C=O) groups is 2. The van der Waals surface area contributed by atoms with Crippen LogP contribution in [-0.2, 0) is 21.5 Å². The Bertz CT molecular complexity index is 1660. The van der Waals surface area contributed by atoms with Gasteiger partial charge in [0.15, 0.2) is 0 Å². The van der Waals surface area contributed by atoms with E-state index in [-0.39, 0.29) is 29.6 Å². The molecular weight excluding hydrogens is 554 g/mol. The topological polar surface area (TPSA) is 43.9 Å². The van der Waals surface area contributed by atoms with Gasteiger partial charge in [-0.25, -0.2) is 0 Å². The van der Waals surface area contributed by atoms with Crippen LogP contribution in [0.5, 0.6) is 0 Å². The van der Waals surface area contributed by atoms with Crippen LogP contribution in [-0.4, -0.2) is 54.3 Å². The van der Waals surface area contributed by atoms with E-state index in [9.17, 15) is 9.59 Å². The number of nitrogens with zero attached hydrogens (tertiary/aromatic N) is 3. The zero-order chi connectivity index (χ0) is 30.6. The van der Waals surface area contributed by atoms with Crippen LogP contribution in [0, 0.1) is 5.92 Å². The molecule has 2 amide bonds. The Hall–Kier alpha value is -4.48. The number of para-hydroxylation sites is 1. The van der Waals surface area contributed by atoms with E-state index in [4.69, 9.17) is 0 Å². The lowest BCUT2D eigenvalue weighted by molar-refractivity contribution is -0.128. The van der Waals surface area contributed by atoms with Crippen molar-refractivity contribution in [2.24, 2.45) is 5.92 Å². The molecule has 0 bridgehead atoms. The molecule has 0 N–H and O–H groups in total. The van der Waals surface area contributed by atoms with Gasteiger partial charge in [-0.15, -0.1) is 0 Å². The Kier molecular flexibility index (Phi) is 8.36. The number of hydrogen-bond donors (Lipinski definition) is 0. The molecule has 1 unspecified atom stereocenters. The fourth-order valence-corrected chi connectivity index (χ4v) is 7.44. The van der Waals surface area contributed by atoms with E-state index in [1.807, 2.05) is 58.3 Å². The first-order valence-electron chi connectivity index (χ1n) is 16.4. The molecule has 1 spiro atoms. The standard InChI is InChI=1S/C40H41N3O2/c44-38-28-35(30-42(38)29-31-16-18-33(19-17-31)32-10-3-1-4-11-32)39(45)43(36-13-5-2-6-14-36)25-9-24-41-26-22-40(23-27-41)21-20-34-12-7-8-15-37(34)40/h1-8,10-21,35H,9,22-30H2. The average molecular weight is 596 g/mol. The molecule has 2 heterocycles. The average Bonchev–Trinajstić information content (AvgIpc) is 3.64. The molecule has 45 heavy (non-hydrogen) atoms. The van der Waals surface area contributed by atoms with Gasteiger partial charge in [-0.2, -0.15) is 0 Å². The molecule has 7 rings (SSSR count). The lowest BCUT2D eigenvalue weighted by atomic mass is 9.74. The fourth-order valence-electron chi connectivity index (χ4n) is 7.44. The highest BCUT2D eigenvalue weighted by Gasteiger charge is 2.39. The molecule has 2 fully saturated rings. The second-order valence-corrected chi connectivity index (χ2v) is 12.8. The van der Waals surface area contributed by atoms with Crippen molar-refractivity contribution in [1.82, 2.24) is 9.80 Å². The summed E-state index contributed by atoms with van der Waals surface area (Å²) < 4.78 is 0. The Balaban J connectivity index is 0.954. The fraction of sp³-hybridized carbons (Fsp3) is 0.300. The van der Waals surface area contributed by atoms with Crippen LogP contribution in [0.4, 0.5) is 5.69 Å². The number of anilines is 1. The highest BCUT2D eigenvalue weighted by atomic mass is 16.2. The van der Waals surface area contributed by atoms with E-state index in [1.165, 1.54) is 16.7 Å².